The maximum atomic E-state index is 11.6. The number of nitrogens with zero attached hydrogens (tertiary/aromatic N) is 1. The molecule has 0 aliphatic heterocycles. The maximum Gasteiger partial charge on any atom is 0.309 e. The van der Waals surface area contributed by atoms with Gasteiger partial charge in [-0.05, 0) is 38.8 Å². The number of pyridine rings is 1. The van der Waals surface area contributed by atoms with Crippen LogP contribution in [0, 0.1) is 5.41 Å². The number of rotatable bonds is 7. The lowest BCUT2D eigenvalue weighted by Gasteiger charge is -2.18. The van der Waals surface area contributed by atoms with E-state index in [1.54, 1.807) is 20.0 Å². The van der Waals surface area contributed by atoms with E-state index in [1.165, 1.54) is 0 Å². The minimum atomic E-state index is -0.852. The van der Waals surface area contributed by atoms with Crippen molar-refractivity contribution in [2.75, 3.05) is 6.54 Å². The van der Waals surface area contributed by atoms with Crippen LogP contribution in [0.1, 0.15) is 32.4 Å². The highest BCUT2D eigenvalue weighted by Gasteiger charge is 2.26. The van der Waals surface area contributed by atoms with Crippen LogP contribution in [-0.4, -0.2) is 28.5 Å². The molecule has 1 aromatic heterocycles. The predicted molar refractivity (Wildman–Crippen MR) is 71.6 cm³/mol. The Bertz CT molecular complexity index is 430. The van der Waals surface area contributed by atoms with Crippen molar-refractivity contribution in [2.45, 2.75) is 33.1 Å². The summed E-state index contributed by atoms with van der Waals surface area (Å²) in [5.74, 6) is -0.929. The molecule has 0 spiro atoms. The summed E-state index contributed by atoms with van der Waals surface area (Å²) in [5.41, 5.74) is 0.0670. The second-order valence-electron chi connectivity index (χ2n) is 5.11. The molecule has 0 unspecified atom stereocenters. The van der Waals surface area contributed by atoms with E-state index in [4.69, 9.17) is 5.11 Å². The van der Waals surface area contributed by atoms with Crippen molar-refractivity contribution in [1.29, 1.82) is 0 Å². The number of nitrogens with one attached hydrogen (secondary N) is 1. The summed E-state index contributed by atoms with van der Waals surface area (Å²) < 4.78 is 0. The maximum absolute atomic E-state index is 11.6. The Kier molecular flexibility index (Phi) is 5.48. The molecule has 0 saturated heterocycles. The Morgan fingerprint density at radius 2 is 2.11 bits per heavy atom. The molecule has 0 atom stereocenters. The summed E-state index contributed by atoms with van der Waals surface area (Å²) >= 11 is 0. The summed E-state index contributed by atoms with van der Waals surface area (Å²) in [6.07, 6.45) is 3.07. The Balaban J connectivity index is 2.24. The smallest absolute Gasteiger partial charge is 0.309 e. The van der Waals surface area contributed by atoms with Crippen LogP contribution in [0.15, 0.2) is 24.4 Å². The van der Waals surface area contributed by atoms with Gasteiger partial charge < -0.3 is 10.4 Å². The van der Waals surface area contributed by atoms with Crippen molar-refractivity contribution in [3.8, 4) is 0 Å². The van der Waals surface area contributed by atoms with Crippen LogP contribution in [0.5, 0.6) is 0 Å². The number of carboxylic acid groups (broad SMARTS) is 1. The first-order chi connectivity index (χ1) is 8.92. The Morgan fingerprint density at radius 3 is 2.68 bits per heavy atom. The summed E-state index contributed by atoms with van der Waals surface area (Å²) in [4.78, 5) is 26.6. The van der Waals surface area contributed by atoms with E-state index in [-0.39, 0.29) is 5.91 Å². The van der Waals surface area contributed by atoms with Gasteiger partial charge in [0.1, 0.15) is 0 Å². The summed E-state index contributed by atoms with van der Waals surface area (Å²) in [6, 6.07) is 5.59. The molecular weight excluding hydrogens is 244 g/mol. The molecule has 1 rings (SSSR count). The van der Waals surface area contributed by atoms with Gasteiger partial charge in [-0.3, -0.25) is 14.6 Å². The minimum absolute atomic E-state index is 0.0770. The van der Waals surface area contributed by atoms with E-state index < -0.39 is 11.4 Å². The van der Waals surface area contributed by atoms with E-state index in [9.17, 15) is 9.59 Å². The van der Waals surface area contributed by atoms with E-state index in [0.29, 0.717) is 25.8 Å². The third kappa shape index (κ3) is 5.50. The highest BCUT2D eigenvalue weighted by atomic mass is 16.4. The molecule has 0 bridgehead atoms. The first kappa shape index (κ1) is 15.1. The lowest BCUT2D eigenvalue weighted by Crippen LogP contribution is -2.32. The van der Waals surface area contributed by atoms with Gasteiger partial charge in [-0.2, -0.15) is 0 Å². The molecule has 2 N–H and O–H groups in total. The van der Waals surface area contributed by atoms with Crippen molar-refractivity contribution in [2.24, 2.45) is 5.41 Å². The summed E-state index contributed by atoms with van der Waals surface area (Å²) in [5, 5.41) is 11.7. The van der Waals surface area contributed by atoms with Crippen LogP contribution in [0.2, 0.25) is 0 Å². The lowest BCUT2D eigenvalue weighted by molar-refractivity contribution is -0.147. The fourth-order valence-electron chi connectivity index (χ4n) is 1.50. The van der Waals surface area contributed by atoms with Crippen molar-refractivity contribution in [1.82, 2.24) is 10.3 Å². The SMILES string of the molecule is CC(C)(CCNC(=O)CCc1ccccn1)C(=O)O. The number of hydrogen-bond donors (Lipinski definition) is 2. The number of aryl methyl sites for hydroxylation is 1. The first-order valence-electron chi connectivity index (χ1n) is 6.32. The van der Waals surface area contributed by atoms with Crippen molar-refractivity contribution >= 4 is 11.9 Å². The number of carboxylic acids is 1. The number of amides is 1. The zero-order chi connectivity index (χ0) is 14.3. The number of aliphatic carboxylic acids is 1. The van der Waals surface area contributed by atoms with Crippen molar-refractivity contribution < 1.29 is 14.7 Å². The van der Waals surface area contributed by atoms with E-state index in [1.807, 2.05) is 18.2 Å². The normalized spacial score (nSPS) is 11.1. The second-order valence-corrected chi connectivity index (χ2v) is 5.11. The molecule has 19 heavy (non-hydrogen) atoms. The van der Waals surface area contributed by atoms with E-state index >= 15 is 0 Å². The van der Waals surface area contributed by atoms with Crippen molar-refractivity contribution in [3.63, 3.8) is 0 Å². The number of carbonyl (C=O) groups is 2. The molecule has 0 aliphatic rings. The average molecular weight is 264 g/mol. The highest BCUT2D eigenvalue weighted by molar-refractivity contribution is 5.76. The zero-order valence-electron chi connectivity index (χ0n) is 11.3. The third-order valence-electron chi connectivity index (χ3n) is 2.99. The molecule has 1 heterocycles. The largest absolute Gasteiger partial charge is 0.481 e. The number of carbonyl (C=O) groups excluding carboxylic acids is 1. The summed E-state index contributed by atoms with van der Waals surface area (Å²) in [6.45, 7) is 3.67. The first-order valence-corrected chi connectivity index (χ1v) is 6.32. The highest BCUT2D eigenvalue weighted by Crippen LogP contribution is 2.19. The molecule has 0 aliphatic carbocycles. The van der Waals surface area contributed by atoms with Gasteiger partial charge in [0.2, 0.25) is 5.91 Å². The van der Waals surface area contributed by atoms with Crippen LogP contribution in [0.3, 0.4) is 0 Å². The second kappa shape index (κ2) is 6.87. The molecule has 1 amide bonds. The van der Waals surface area contributed by atoms with E-state index in [2.05, 4.69) is 10.3 Å². The minimum Gasteiger partial charge on any atom is -0.481 e. The molecule has 0 aromatic carbocycles. The summed E-state index contributed by atoms with van der Waals surface area (Å²) in [7, 11) is 0. The quantitative estimate of drug-likeness (QED) is 0.784. The van der Waals surface area contributed by atoms with Gasteiger partial charge in [0.15, 0.2) is 0 Å². The van der Waals surface area contributed by atoms with Gasteiger partial charge in [0.05, 0.1) is 5.41 Å². The topological polar surface area (TPSA) is 79.3 Å². The fraction of sp³-hybridized carbons (Fsp3) is 0.500. The fourth-order valence-corrected chi connectivity index (χ4v) is 1.50. The molecule has 5 heteroatoms. The van der Waals surface area contributed by atoms with Crippen LogP contribution in [-0.2, 0) is 16.0 Å². The van der Waals surface area contributed by atoms with Gasteiger partial charge in [-0.15, -0.1) is 0 Å². The van der Waals surface area contributed by atoms with Crippen molar-refractivity contribution in [3.05, 3.63) is 30.1 Å². The zero-order valence-corrected chi connectivity index (χ0v) is 11.3. The number of aromatic nitrogens is 1. The van der Waals surface area contributed by atoms with Gasteiger partial charge >= 0.3 is 5.97 Å². The van der Waals surface area contributed by atoms with Crippen LogP contribution < -0.4 is 5.32 Å². The predicted octanol–water partition coefficient (Wildman–Crippen LogP) is 1.63. The van der Waals surface area contributed by atoms with Gasteiger partial charge in [-0.1, -0.05) is 6.07 Å². The Labute approximate surface area is 113 Å². The average Bonchev–Trinajstić information content (AvgIpc) is 2.37. The Morgan fingerprint density at radius 1 is 1.37 bits per heavy atom. The molecule has 0 saturated carbocycles. The monoisotopic (exact) mass is 264 g/mol. The van der Waals surface area contributed by atoms with Crippen LogP contribution >= 0.6 is 0 Å². The molecular formula is C14H20N2O3. The molecule has 104 valence electrons. The molecule has 1 aromatic rings. The number of hydrogen-bond acceptors (Lipinski definition) is 3. The Hall–Kier alpha value is -1.91. The molecule has 5 nitrogen and oxygen atoms in total. The van der Waals surface area contributed by atoms with Gasteiger partial charge in [0, 0.05) is 24.9 Å². The lowest BCUT2D eigenvalue weighted by atomic mass is 9.90. The standard InChI is InChI=1S/C14H20N2O3/c1-14(2,13(18)19)8-10-16-12(17)7-6-11-5-3-4-9-15-11/h3-5,9H,6-8,10H2,1-2H3,(H,16,17)(H,18,19). The molecule has 0 radical (unpaired) electrons. The third-order valence-corrected chi connectivity index (χ3v) is 2.99. The molecule has 0 fully saturated rings. The van der Waals surface area contributed by atoms with Gasteiger partial charge in [-0.25, -0.2) is 0 Å². The van der Waals surface area contributed by atoms with Crippen LogP contribution in [0.25, 0.3) is 0 Å². The van der Waals surface area contributed by atoms with Crippen LogP contribution in [0.4, 0.5) is 0 Å². The van der Waals surface area contributed by atoms with Gasteiger partial charge in [0.25, 0.3) is 0 Å². The van der Waals surface area contributed by atoms with E-state index in [0.717, 1.165) is 5.69 Å².